The summed E-state index contributed by atoms with van der Waals surface area (Å²) in [6.07, 6.45) is 2.37. The van der Waals surface area contributed by atoms with Gasteiger partial charge in [0.05, 0.1) is 21.3 Å². The summed E-state index contributed by atoms with van der Waals surface area (Å²) >= 11 is 1.43. The van der Waals surface area contributed by atoms with E-state index in [0.717, 1.165) is 35.0 Å². The lowest BCUT2D eigenvalue weighted by molar-refractivity contribution is -0.131. The van der Waals surface area contributed by atoms with Crippen molar-refractivity contribution in [3.8, 4) is 23.7 Å². The minimum absolute atomic E-state index is 0.00984. The number of carbonyl (C=O) groups excluding carboxylic acids is 1. The van der Waals surface area contributed by atoms with Crippen molar-refractivity contribution in [2.24, 2.45) is 0 Å². The SMILES string of the molecule is CN1CC[C@H]1C#CC#Cc1ccc2nc(CCC(C)(C(=O)NO)S(C)(=O)=O)sc2c1. The molecular weight excluding hydrogens is 422 g/mol. The molecule has 1 aromatic carbocycles. The van der Waals surface area contributed by atoms with Gasteiger partial charge in [0.2, 0.25) is 0 Å². The van der Waals surface area contributed by atoms with Crippen LogP contribution in [0, 0.1) is 23.7 Å². The number of likely N-dealkylation sites (tertiary alicyclic amines) is 1. The van der Waals surface area contributed by atoms with Gasteiger partial charge in [-0.25, -0.2) is 18.9 Å². The monoisotopic (exact) mass is 445 g/mol. The summed E-state index contributed by atoms with van der Waals surface area (Å²) in [6, 6.07) is 5.96. The zero-order valence-electron chi connectivity index (χ0n) is 17.0. The number of sulfone groups is 1. The highest BCUT2D eigenvalue weighted by Crippen LogP contribution is 2.28. The molecule has 1 aliphatic heterocycles. The molecule has 3 rings (SSSR count). The number of nitrogens with zero attached hydrogens (tertiary/aromatic N) is 2. The fourth-order valence-electron chi connectivity index (χ4n) is 3.01. The molecule has 0 bridgehead atoms. The largest absolute Gasteiger partial charge is 0.293 e. The Morgan fingerprint density at radius 1 is 1.43 bits per heavy atom. The van der Waals surface area contributed by atoms with Gasteiger partial charge in [0.1, 0.15) is 4.75 Å². The summed E-state index contributed by atoms with van der Waals surface area (Å²) in [6.45, 7) is 2.38. The van der Waals surface area contributed by atoms with Gasteiger partial charge in [-0.15, -0.1) is 11.3 Å². The molecule has 2 aromatic rings. The Balaban J connectivity index is 1.74. The maximum atomic E-state index is 12.1. The number of thiazole rings is 1. The van der Waals surface area contributed by atoms with Crippen LogP contribution in [-0.4, -0.2) is 60.1 Å². The normalized spacial score (nSPS) is 18.3. The molecule has 0 spiro atoms. The minimum Gasteiger partial charge on any atom is -0.293 e. The first-order chi connectivity index (χ1) is 14.1. The quantitative estimate of drug-likeness (QED) is 0.412. The first-order valence-electron chi connectivity index (χ1n) is 9.39. The average molecular weight is 446 g/mol. The maximum absolute atomic E-state index is 12.1. The summed E-state index contributed by atoms with van der Waals surface area (Å²) in [4.78, 5) is 18.6. The molecule has 1 unspecified atom stereocenters. The van der Waals surface area contributed by atoms with Gasteiger partial charge in [0.15, 0.2) is 9.84 Å². The van der Waals surface area contributed by atoms with Gasteiger partial charge in [-0.1, -0.05) is 11.8 Å². The molecule has 30 heavy (non-hydrogen) atoms. The Morgan fingerprint density at radius 3 is 2.80 bits per heavy atom. The van der Waals surface area contributed by atoms with Crippen LogP contribution in [0.3, 0.4) is 0 Å². The number of hydrogen-bond acceptors (Lipinski definition) is 7. The van der Waals surface area contributed by atoms with Crippen molar-refractivity contribution in [3.05, 3.63) is 28.8 Å². The van der Waals surface area contributed by atoms with Crippen LogP contribution in [0.25, 0.3) is 10.2 Å². The van der Waals surface area contributed by atoms with E-state index >= 15 is 0 Å². The Labute approximate surface area is 180 Å². The number of amides is 1. The fraction of sp³-hybridized carbons (Fsp3) is 0.429. The molecule has 0 aliphatic carbocycles. The second-order valence-electron chi connectivity index (χ2n) is 7.54. The number of carbonyl (C=O) groups is 1. The number of aromatic nitrogens is 1. The summed E-state index contributed by atoms with van der Waals surface area (Å²) < 4.78 is 23.4. The number of hydroxylamine groups is 1. The van der Waals surface area contributed by atoms with Gasteiger partial charge in [-0.2, -0.15) is 0 Å². The average Bonchev–Trinajstić information content (AvgIpc) is 3.11. The molecule has 1 aliphatic rings. The molecule has 1 fully saturated rings. The Hall–Kier alpha value is -2.43. The van der Waals surface area contributed by atoms with Crippen molar-refractivity contribution in [3.63, 3.8) is 0 Å². The number of benzene rings is 1. The third-order valence-electron chi connectivity index (χ3n) is 5.44. The van der Waals surface area contributed by atoms with Crippen LogP contribution < -0.4 is 5.48 Å². The summed E-state index contributed by atoms with van der Waals surface area (Å²) in [7, 11) is -1.69. The van der Waals surface area contributed by atoms with Crippen LogP contribution >= 0.6 is 11.3 Å². The van der Waals surface area contributed by atoms with Crippen molar-refractivity contribution >= 4 is 37.3 Å². The first kappa shape index (κ1) is 22.3. The Kier molecular flexibility index (Phi) is 6.49. The van der Waals surface area contributed by atoms with E-state index in [1.807, 2.05) is 25.2 Å². The number of fused-ring (bicyclic) bond motifs is 1. The van der Waals surface area contributed by atoms with Crippen molar-refractivity contribution < 1.29 is 18.4 Å². The topological polar surface area (TPSA) is 99.6 Å². The lowest BCUT2D eigenvalue weighted by Crippen LogP contribution is -2.49. The molecule has 9 heteroatoms. The summed E-state index contributed by atoms with van der Waals surface area (Å²) in [5.41, 5.74) is 3.08. The van der Waals surface area contributed by atoms with Gasteiger partial charge < -0.3 is 0 Å². The Morgan fingerprint density at radius 2 is 2.20 bits per heavy atom. The van der Waals surface area contributed by atoms with Crippen molar-refractivity contribution in [1.29, 1.82) is 0 Å². The zero-order valence-corrected chi connectivity index (χ0v) is 18.7. The third kappa shape index (κ3) is 4.66. The predicted octanol–water partition coefficient (Wildman–Crippen LogP) is 1.60. The van der Waals surface area contributed by atoms with Crippen LogP contribution in [0.1, 0.15) is 30.3 Å². The number of aryl methyl sites for hydroxylation is 1. The number of hydrogen-bond donors (Lipinski definition) is 2. The predicted molar refractivity (Wildman–Crippen MR) is 117 cm³/mol. The van der Waals surface area contributed by atoms with E-state index in [2.05, 4.69) is 33.6 Å². The van der Waals surface area contributed by atoms with Gasteiger partial charge in [-0.05, 0) is 56.9 Å². The number of rotatable bonds is 5. The highest BCUT2D eigenvalue weighted by Gasteiger charge is 2.43. The molecular formula is C21H23N3O4S2. The van der Waals surface area contributed by atoms with E-state index in [1.54, 1.807) is 0 Å². The van der Waals surface area contributed by atoms with Crippen LogP contribution in [0.5, 0.6) is 0 Å². The molecule has 1 amide bonds. The molecule has 7 nitrogen and oxygen atoms in total. The van der Waals surface area contributed by atoms with Crippen molar-refractivity contribution in [2.75, 3.05) is 19.8 Å². The first-order valence-corrected chi connectivity index (χ1v) is 12.1. The molecule has 158 valence electrons. The van der Waals surface area contributed by atoms with E-state index in [1.165, 1.54) is 23.7 Å². The van der Waals surface area contributed by atoms with Crippen molar-refractivity contribution in [2.45, 2.75) is 37.0 Å². The molecule has 0 saturated carbocycles. The van der Waals surface area contributed by atoms with E-state index in [9.17, 15) is 13.2 Å². The molecule has 2 N–H and O–H groups in total. The summed E-state index contributed by atoms with van der Waals surface area (Å²) in [5.74, 6) is 11.0. The Bertz CT molecular complexity index is 1200. The van der Waals surface area contributed by atoms with Crippen LogP contribution in [-0.2, 0) is 21.1 Å². The van der Waals surface area contributed by atoms with Gasteiger partial charge in [0.25, 0.3) is 5.91 Å². The lowest BCUT2D eigenvalue weighted by Gasteiger charge is -2.33. The highest BCUT2D eigenvalue weighted by molar-refractivity contribution is 7.92. The van der Waals surface area contributed by atoms with Crippen LogP contribution in [0.4, 0.5) is 0 Å². The summed E-state index contributed by atoms with van der Waals surface area (Å²) in [5, 5.41) is 9.63. The molecule has 1 aromatic heterocycles. The van der Waals surface area contributed by atoms with Gasteiger partial charge >= 0.3 is 0 Å². The van der Waals surface area contributed by atoms with E-state index in [-0.39, 0.29) is 12.8 Å². The second-order valence-corrected chi connectivity index (χ2v) is 11.1. The van der Waals surface area contributed by atoms with Gasteiger partial charge in [-0.3, -0.25) is 14.9 Å². The van der Waals surface area contributed by atoms with Crippen LogP contribution in [0.2, 0.25) is 0 Å². The lowest BCUT2D eigenvalue weighted by atomic mass is 10.0. The fourth-order valence-corrected chi connectivity index (χ4v) is 4.87. The zero-order chi connectivity index (χ0) is 21.9. The molecule has 1 saturated heterocycles. The molecule has 0 radical (unpaired) electrons. The number of nitrogens with one attached hydrogen (secondary N) is 1. The standard InChI is InChI=1S/C21H23N3O4S2/c1-21(20(25)23-26,30(3,27)28)12-10-19-22-17-9-8-15(14-18(17)29-19)6-4-5-7-16-11-13-24(16)2/h8-9,14,16,26H,10-13H2,1-3H3,(H,23,25)/t16-,21?/m1/s1. The highest BCUT2D eigenvalue weighted by atomic mass is 32.2. The maximum Gasteiger partial charge on any atom is 0.264 e. The van der Waals surface area contributed by atoms with Gasteiger partial charge in [0, 0.05) is 24.8 Å². The minimum atomic E-state index is -3.73. The van der Waals surface area contributed by atoms with E-state index < -0.39 is 20.5 Å². The molecule has 2 atom stereocenters. The third-order valence-corrected chi connectivity index (χ3v) is 8.55. The van der Waals surface area contributed by atoms with Crippen LogP contribution in [0.15, 0.2) is 18.2 Å². The van der Waals surface area contributed by atoms with E-state index in [0.29, 0.717) is 11.0 Å². The molecule has 2 heterocycles. The smallest absolute Gasteiger partial charge is 0.264 e. The van der Waals surface area contributed by atoms with Crippen molar-refractivity contribution in [1.82, 2.24) is 15.4 Å². The second kappa shape index (κ2) is 8.75. The van der Waals surface area contributed by atoms with E-state index in [4.69, 9.17) is 5.21 Å².